The van der Waals surface area contributed by atoms with Crippen LogP contribution in [0, 0.1) is 11.8 Å². The van der Waals surface area contributed by atoms with E-state index >= 15 is 0 Å². The normalized spacial score (nSPS) is 24.0. The Kier molecular flexibility index (Phi) is 7.82. The number of hydrogen-bond acceptors (Lipinski definition) is 4. The van der Waals surface area contributed by atoms with Gasteiger partial charge in [-0.3, -0.25) is 9.79 Å². The first-order valence-corrected chi connectivity index (χ1v) is 9.52. The minimum atomic E-state index is -0.0377. The predicted molar refractivity (Wildman–Crippen MR) is 97.1 cm³/mol. The van der Waals surface area contributed by atoms with Gasteiger partial charge in [-0.15, -0.1) is 0 Å². The van der Waals surface area contributed by atoms with Gasteiger partial charge in [0.25, 0.3) is 0 Å². The van der Waals surface area contributed by atoms with Gasteiger partial charge in [-0.2, -0.15) is 0 Å². The lowest BCUT2D eigenvalue weighted by molar-refractivity contribution is -0.149. The summed E-state index contributed by atoms with van der Waals surface area (Å²) in [6.45, 7) is 10.3. The number of carbonyl (C=O) groups excluding carboxylic acids is 1. The molecule has 1 unspecified atom stereocenters. The van der Waals surface area contributed by atoms with Crippen LogP contribution in [0.2, 0.25) is 0 Å². The first-order chi connectivity index (χ1) is 11.6. The van der Waals surface area contributed by atoms with Crippen LogP contribution in [0.3, 0.4) is 0 Å². The van der Waals surface area contributed by atoms with Gasteiger partial charge >= 0.3 is 5.97 Å². The van der Waals surface area contributed by atoms with Gasteiger partial charge in [-0.25, -0.2) is 0 Å². The van der Waals surface area contributed by atoms with E-state index in [0.29, 0.717) is 12.5 Å². The summed E-state index contributed by atoms with van der Waals surface area (Å²) in [7, 11) is 2.20. The highest BCUT2D eigenvalue weighted by atomic mass is 16.5. The molecule has 2 rings (SSSR count). The minimum absolute atomic E-state index is 0.0377. The smallest absolute Gasteiger partial charge is 0.309 e. The molecule has 2 aliphatic rings. The summed E-state index contributed by atoms with van der Waals surface area (Å²) in [5.74, 6) is 1.68. The fourth-order valence-electron chi connectivity index (χ4n) is 3.65. The Hall–Kier alpha value is -1.30. The summed E-state index contributed by atoms with van der Waals surface area (Å²) in [4.78, 5) is 21.5. The number of carbonyl (C=O) groups is 1. The number of esters is 1. The number of rotatable bonds is 5. The van der Waals surface area contributed by atoms with Crippen LogP contribution in [0.5, 0.6) is 0 Å². The molecule has 0 amide bonds. The zero-order valence-electron chi connectivity index (χ0n) is 15.6. The van der Waals surface area contributed by atoms with E-state index < -0.39 is 0 Å². The number of likely N-dealkylation sites (tertiary alicyclic amines) is 2. The largest absolute Gasteiger partial charge is 0.466 e. The molecule has 0 bridgehead atoms. The summed E-state index contributed by atoms with van der Waals surface area (Å²) in [6, 6.07) is 0. The number of hydrogen-bond donors (Lipinski definition) is 1. The van der Waals surface area contributed by atoms with Gasteiger partial charge in [-0.05, 0) is 59.0 Å². The molecule has 6 nitrogen and oxygen atoms in total. The number of piperidine rings is 2. The van der Waals surface area contributed by atoms with E-state index in [1.807, 2.05) is 6.92 Å². The van der Waals surface area contributed by atoms with Gasteiger partial charge in [0.1, 0.15) is 0 Å². The first-order valence-electron chi connectivity index (χ1n) is 9.52. The van der Waals surface area contributed by atoms with E-state index in [-0.39, 0.29) is 11.9 Å². The molecule has 2 saturated heterocycles. The van der Waals surface area contributed by atoms with Crippen molar-refractivity contribution in [3.05, 3.63) is 0 Å². The molecule has 2 heterocycles. The third-order valence-corrected chi connectivity index (χ3v) is 4.97. The summed E-state index contributed by atoms with van der Waals surface area (Å²) in [6.07, 6.45) is 4.27. The number of nitrogens with zero attached hydrogens (tertiary/aromatic N) is 3. The van der Waals surface area contributed by atoms with Crippen molar-refractivity contribution < 1.29 is 9.53 Å². The molecule has 24 heavy (non-hydrogen) atoms. The van der Waals surface area contributed by atoms with Crippen LogP contribution < -0.4 is 5.32 Å². The SMILES string of the molecule is CCNC(=NCC1CCCN(C)C1)N1CCC(C(=O)OCC)CC1. The fourth-order valence-corrected chi connectivity index (χ4v) is 3.65. The second-order valence-corrected chi connectivity index (χ2v) is 6.98. The lowest BCUT2D eigenvalue weighted by Crippen LogP contribution is -2.47. The lowest BCUT2D eigenvalue weighted by Gasteiger charge is -2.34. The molecule has 0 aromatic heterocycles. The van der Waals surface area contributed by atoms with Gasteiger partial charge in [-0.1, -0.05) is 0 Å². The second-order valence-electron chi connectivity index (χ2n) is 6.98. The average molecular weight is 338 g/mol. The van der Waals surface area contributed by atoms with Crippen molar-refractivity contribution in [3.63, 3.8) is 0 Å². The molecular weight excluding hydrogens is 304 g/mol. The molecule has 0 aliphatic carbocycles. The summed E-state index contributed by atoms with van der Waals surface area (Å²) < 4.78 is 5.15. The highest BCUT2D eigenvalue weighted by Gasteiger charge is 2.27. The highest BCUT2D eigenvalue weighted by Crippen LogP contribution is 2.19. The quantitative estimate of drug-likeness (QED) is 0.468. The molecule has 138 valence electrons. The lowest BCUT2D eigenvalue weighted by atomic mass is 9.97. The second kappa shape index (κ2) is 9.87. The summed E-state index contributed by atoms with van der Waals surface area (Å²) in [5.41, 5.74) is 0. The van der Waals surface area contributed by atoms with Gasteiger partial charge in [0.05, 0.1) is 12.5 Å². The molecule has 2 fully saturated rings. The number of ether oxygens (including phenoxy) is 1. The summed E-state index contributed by atoms with van der Waals surface area (Å²) >= 11 is 0. The van der Waals surface area contributed by atoms with Crippen molar-refractivity contribution in [1.82, 2.24) is 15.1 Å². The monoisotopic (exact) mass is 338 g/mol. The fraction of sp³-hybridized carbons (Fsp3) is 0.889. The van der Waals surface area contributed by atoms with E-state index in [2.05, 4.69) is 29.1 Å². The number of guanidine groups is 1. The first kappa shape index (κ1) is 19.0. The van der Waals surface area contributed by atoms with E-state index in [1.54, 1.807) is 0 Å². The Balaban J connectivity index is 1.86. The molecule has 0 radical (unpaired) electrons. The van der Waals surface area contributed by atoms with E-state index in [0.717, 1.165) is 51.5 Å². The Morgan fingerprint density at radius 2 is 1.96 bits per heavy atom. The standard InChI is InChI=1S/C18H34N4O2/c1-4-19-18(20-13-15-7-6-10-21(3)14-15)22-11-8-16(9-12-22)17(23)24-5-2/h15-16H,4-14H2,1-3H3,(H,19,20). The van der Waals surface area contributed by atoms with Crippen molar-refractivity contribution in [2.45, 2.75) is 39.5 Å². The van der Waals surface area contributed by atoms with Crippen LogP contribution in [0.25, 0.3) is 0 Å². The van der Waals surface area contributed by atoms with Gasteiger partial charge in [0, 0.05) is 32.7 Å². The van der Waals surface area contributed by atoms with Crippen molar-refractivity contribution >= 4 is 11.9 Å². The minimum Gasteiger partial charge on any atom is -0.466 e. The van der Waals surface area contributed by atoms with Gasteiger partial charge in [0.2, 0.25) is 0 Å². The van der Waals surface area contributed by atoms with Crippen molar-refractivity contribution in [2.24, 2.45) is 16.8 Å². The van der Waals surface area contributed by atoms with Crippen molar-refractivity contribution in [3.8, 4) is 0 Å². The maximum Gasteiger partial charge on any atom is 0.309 e. The molecule has 0 spiro atoms. The molecule has 0 saturated carbocycles. The zero-order valence-corrected chi connectivity index (χ0v) is 15.6. The predicted octanol–water partition coefficient (Wildman–Crippen LogP) is 1.57. The Morgan fingerprint density at radius 3 is 2.58 bits per heavy atom. The maximum absolute atomic E-state index is 11.9. The molecule has 1 atom stereocenters. The Morgan fingerprint density at radius 1 is 1.21 bits per heavy atom. The van der Waals surface area contributed by atoms with Gasteiger partial charge < -0.3 is 19.9 Å². The number of nitrogens with one attached hydrogen (secondary N) is 1. The molecular formula is C18H34N4O2. The Bertz CT molecular complexity index is 419. The molecule has 0 aromatic carbocycles. The van der Waals surface area contributed by atoms with Crippen LogP contribution >= 0.6 is 0 Å². The van der Waals surface area contributed by atoms with E-state index in [4.69, 9.17) is 9.73 Å². The van der Waals surface area contributed by atoms with Crippen LogP contribution in [0.15, 0.2) is 4.99 Å². The van der Waals surface area contributed by atoms with Crippen LogP contribution in [-0.4, -0.2) is 74.7 Å². The molecule has 2 aliphatic heterocycles. The average Bonchev–Trinajstić information content (AvgIpc) is 2.59. The van der Waals surface area contributed by atoms with Crippen LogP contribution in [0.1, 0.15) is 39.5 Å². The number of aliphatic imine (C=N–C) groups is 1. The Labute approximate surface area is 146 Å². The van der Waals surface area contributed by atoms with Crippen LogP contribution in [0.4, 0.5) is 0 Å². The molecule has 1 N–H and O–H groups in total. The third kappa shape index (κ3) is 5.65. The topological polar surface area (TPSA) is 57.2 Å². The summed E-state index contributed by atoms with van der Waals surface area (Å²) in [5, 5.41) is 3.42. The van der Waals surface area contributed by atoms with Crippen LogP contribution in [-0.2, 0) is 9.53 Å². The third-order valence-electron chi connectivity index (χ3n) is 4.97. The zero-order chi connectivity index (χ0) is 17.4. The van der Waals surface area contributed by atoms with Crippen molar-refractivity contribution in [1.29, 1.82) is 0 Å². The van der Waals surface area contributed by atoms with E-state index in [1.165, 1.54) is 19.4 Å². The highest BCUT2D eigenvalue weighted by molar-refractivity contribution is 5.80. The molecule has 6 heteroatoms. The van der Waals surface area contributed by atoms with E-state index in [9.17, 15) is 4.79 Å². The van der Waals surface area contributed by atoms with Crippen molar-refractivity contribution in [2.75, 3.05) is 52.9 Å². The van der Waals surface area contributed by atoms with Gasteiger partial charge in [0.15, 0.2) is 5.96 Å². The maximum atomic E-state index is 11.9. The molecule has 0 aromatic rings.